The molecule has 0 aromatic heterocycles. The lowest BCUT2D eigenvalue weighted by Crippen LogP contribution is -2.25. The zero-order valence-electron chi connectivity index (χ0n) is 13.7. The Morgan fingerprint density at radius 3 is 2.33 bits per heavy atom. The summed E-state index contributed by atoms with van der Waals surface area (Å²) in [5.41, 5.74) is 2.05. The first-order valence-electron chi connectivity index (χ1n) is 8.10. The number of hydrogen-bond acceptors (Lipinski definition) is 2. The number of carbonyl (C=O) groups excluding carboxylic acids is 1. The fourth-order valence-corrected chi connectivity index (χ4v) is 3.30. The van der Waals surface area contributed by atoms with Gasteiger partial charge in [-0.05, 0) is 36.3 Å². The van der Waals surface area contributed by atoms with E-state index in [1.165, 1.54) is 5.56 Å². The van der Waals surface area contributed by atoms with Crippen LogP contribution in [0.1, 0.15) is 64.0 Å². The molecule has 0 amide bonds. The van der Waals surface area contributed by atoms with E-state index in [2.05, 4.69) is 24.3 Å². The molecule has 0 heterocycles. The maximum Gasteiger partial charge on any atom is 0.145 e. The van der Waals surface area contributed by atoms with Crippen LogP contribution < -0.4 is 0 Å². The summed E-state index contributed by atoms with van der Waals surface area (Å²) >= 11 is 0. The van der Waals surface area contributed by atoms with Crippen molar-refractivity contribution in [1.82, 2.24) is 0 Å². The minimum absolute atomic E-state index is 0.0591. The third kappa shape index (κ3) is 3.94. The summed E-state index contributed by atoms with van der Waals surface area (Å²) in [5, 5.41) is 9.91. The second kappa shape index (κ2) is 6.31. The smallest absolute Gasteiger partial charge is 0.145 e. The topological polar surface area (TPSA) is 37.3 Å². The molecular formula is C19H28O2. The Morgan fingerprint density at radius 1 is 1.24 bits per heavy atom. The maximum atomic E-state index is 12.3. The van der Waals surface area contributed by atoms with Gasteiger partial charge in [-0.1, -0.05) is 58.4 Å². The molecule has 0 radical (unpaired) electrons. The van der Waals surface area contributed by atoms with E-state index in [4.69, 9.17) is 0 Å². The lowest BCUT2D eigenvalue weighted by atomic mass is 9.80. The van der Waals surface area contributed by atoms with Crippen LogP contribution in [0.3, 0.4) is 0 Å². The SMILES string of the molecule is C[C@H](C(=O)C(C)(C)C)c1ccc(C[C@H]2CCC[C@@H]2O)cc1. The van der Waals surface area contributed by atoms with Gasteiger partial charge in [0.15, 0.2) is 0 Å². The molecule has 1 aromatic carbocycles. The van der Waals surface area contributed by atoms with E-state index in [0.29, 0.717) is 5.92 Å². The van der Waals surface area contributed by atoms with Gasteiger partial charge in [-0.3, -0.25) is 4.79 Å². The fourth-order valence-electron chi connectivity index (χ4n) is 3.30. The number of carbonyl (C=O) groups is 1. The normalized spacial score (nSPS) is 24.0. The summed E-state index contributed by atoms with van der Waals surface area (Å²) in [6, 6.07) is 8.38. The number of ketones is 1. The molecule has 1 fully saturated rings. The summed E-state index contributed by atoms with van der Waals surface area (Å²) in [4.78, 5) is 12.3. The average Bonchev–Trinajstić information content (AvgIpc) is 2.82. The maximum absolute atomic E-state index is 12.3. The van der Waals surface area contributed by atoms with Crippen LogP contribution in [0.25, 0.3) is 0 Å². The third-order valence-corrected chi connectivity index (χ3v) is 4.73. The zero-order valence-corrected chi connectivity index (χ0v) is 13.7. The second-order valence-electron chi connectivity index (χ2n) is 7.54. The molecule has 1 aliphatic rings. The molecule has 0 spiro atoms. The average molecular weight is 288 g/mol. The van der Waals surface area contributed by atoms with Gasteiger partial charge in [-0.15, -0.1) is 0 Å². The Labute approximate surface area is 128 Å². The summed E-state index contributed by atoms with van der Waals surface area (Å²) in [7, 11) is 0. The molecule has 116 valence electrons. The number of aliphatic hydroxyl groups excluding tert-OH is 1. The van der Waals surface area contributed by atoms with Crippen molar-refractivity contribution in [1.29, 1.82) is 0 Å². The van der Waals surface area contributed by atoms with E-state index in [1.54, 1.807) is 0 Å². The van der Waals surface area contributed by atoms with Crippen molar-refractivity contribution in [2.24, 2.45) is 11.3 Å². The van der Waals surface area contributed by atoms with Crippen LogP contribution in [0, 0.1) is 11.3 Å². The van der Waals surface area contributed by atoms with Crippen LogP contribution >= 0.6 is 0 Å². The lowest BCUT2D eigenvalue weighted by molar-refractivity contribution is -0.127. The van der Waals surface area contributed by atoms with Crippen molar-refractivity contribution in [3.8, 4) is 0 Å². The van der Waals surface area contributed by atoms with Gasteiger partial charge in [0.1, 0.15) is 5.78 Å². The molecule has 0 unspecified atom stereocenters. The van der Waals surface area contributed by atoms with Gasteiger partial charge in [0.2, 0.25) is 0 Å². The molecule has 0 aliphatic heterocycles. The highest BCUT2D eigenvalue weighted by atomic mass is 16.3. The molecule has 0 bridgehead atoms. The molecule has 1 aromatic rings. The van der Waals surface area contributed by atoms with Crippen LogP contribution in [0.5, 0.6) is 0 Å². The minimum atomic E-state index is -0.300. The highest BCUT2D eigenvalue weighted by Crippen LogP contribution is 2.30. The van der Waals surface area contributed by atoms with Gasteiger partial charge in [-0.2, -0.15) is 0 Å². The Hall–Kier alpha value is -1.15. The standard InChI is InChI=1S/C19H28O2/c1-13(18(21)19(2,3)4)15-10-8-14(9-11-15)12-16-6-5-7-17(16)20/h8-11,13,16-17,20H,5-7,12H2,1-4H3/t13-,16+,17-/m0/s1. The monoisotopic (exact) mass is 288 g/mol. The third-order valence-electron chi connectivity index (χ3n) is 4.73. The van der Waals surface area contributed by atoms with Crippen LogP contribution in [0.4, 0.5) is 0 Å². The molecule has 1 aliphatic carbocycles. The van der Waals surface area contributed by atoms with Crippen molar-refractivity contribution in [3.63, 3.8) is 0 Å². The van der Waals surface area contributed by atoms with E-state index in [0.717, 1.165) is 31.2 Å². The van der Waals surface area contributed by atoms with E-state index in [-0.39, 0.29) is 23.2 Å². The van der Waals surface area contributed by atoms with Gasteiger partial charge < -0.3 is 5.11 Å². The quantitative estimate of drug-likeness (QED) is 0.905. The Balaban J connectivity index is 2.03. The largest absolute Gasteiger partial charge is 0.393 e. The number of aliphatic hydroxyl groups is 1. The zero-order chi connectivity index (χ0) is 15.6. The summed E-state index contributed by atoms with van der Waals surface area (Å²) in [6.45, 7) is 7.91. The van der Waals surface area contributed by atoms with Crippen molar-refractivity contribution >= 4 is 5.78 Å². The lowest BCUT2D eigenvalue weighted by Gasteiger charge is -2.22. The van der Waals surface area contributed by atoms with Crippen molar-refractivity contribution in [2.45, 2.75) is 65.4 Å². The van der Waals surface area contributed by atoms with Gasteiger partial charge in [0.05, 0.1) is 6.10 Å². The van der Waals surface area contributed by atoms with Crippen molar-refractivity contribution < 1.29 is 9.90 Å². The molecule has 2 heteroatoms. The minimum Gasteiger partial charge on any atom is -0.393 e. The highest BCUT2D eigenvalue weighted by molar-refractivity contribution is 5.89. The van der Waals surface area contributed by atoms with Gasteiger partial charge in [0, 0.05) is 11.3 Å². The van der Waals surface area contributed by atoms with E-state index >= 15 is 0 Å². The number of rotatable bonds is 4. The van der Waals surface area contributed by atoms with Gasteiger partial charge >= 0.3 is 0 Å². The first kappa shape index (κ1) is 16.2. The highest BCUT2D eigenvalue weighted by Gasteiger charge is 2.28. The van der Waals surface area contributed by atoms with Crippen LogP contribution in [-0.2, 0) is 11.2 Å². The van der Waals surface area contributed by atoms with E-state index in [1.807, 2.05) is 27.7 Å². The number of benzene rings is 1. The van der Waals surface area contributed by atoms with Crippen LogP contribution in [-0.4, -0.2) is 17.0 Å². The number of hydrogen-bond donors (Lipinski definition) is 1. The first-order chi connectivity index (χ1) is 9.79. The predicted molar refractivity (Wildman–Crippen MR) is 86.4 cm³/mol. The molecule has 2 nitrogen and oxygen atoms in total. The molecular weight excluding hydrogens is 260 g/mol. The first-order valence-corrected chi connectivity index (χ1v) is 8.10. The molecule has 1 saturated carbocycles. The molecule has 1 N–H and O–H groups in total. The fraction of sp³-hybridized carbons (Fsp3) is 0.632. The van der Waals surface area contributed by atoms with Crippen LogP contribution in [0.2, 0.25) is 0 Å². The van der Waals surface area contributed by atoms with Crippen LogP contribution in [0.15, 0.2) is 24.3 Å². The van der Waals surface area contributed by atoms with E-state index in [9.17, 15) is 9.90 Å². The summed E-state index contributed by atoms with van der Waals surface area (Å²) in [6.07, 6.45) is 4.03. The second-order valence-corrected chi connectivity index (χ2v) is 7.54. The Bertz CT molecular complexity index is 481. The van der Waals surface area contributed by atoms with Gasteiger partial charge in [0.25, 0.3) is 0 Å². The molecule has 21 heavy (non-hydrogen) atoms. The van der Waals surface area contributed by atoms with Crippen molar-refractivity contribution in [3.05, 3.63) is 35.4 Å². The van der Waals surface area contributed by atoms with Gasteiger partial charge in [-0.25, -0.2) is 0 Å². The van der Waals surface area contributed by atoms with Crippen molar-refractivity contribution in [2.75, 3.05) is 0 Å². The molecule has 0 saturated heterocycles. The summed E-state index contributed by atoms with van der Waals surface area (Å²) in [5.74, 6) is 0.627. The Morgan fingerprint density at radius 2 is 1.86 bits per heavy atom. The molecule has 2 rings (SSSR count). The Kier molecular flexibility index (Phi) is 4.88. The number of Topliss-reactive ketones (excluding diaryl/α,β-unsaturated/α-hetero) is 1. The molecule has 3 atom stereocenters. The summed E-state index contributed by atoms with van der Waals surface area (Å²) < 4.78 is 0. The van der Waals surface area contributed by atoms with E-state index < -0.39 is 0 Å². The predicted octanol–water partition coefficient (Wildman–Crippen LogP) is 4.11.